The third-order valence-corrected chi connectivity index (χ3v) is 2.07. The van der Waals surface area contributed by atoms with Crippen molar-refractivity contribution >= 4 is 0 Å². The van der Waals surface area contributed by atoms with Crippen LogP contribution in [0.2, 0.25) is 0 Å². The van der Waals surface area contributed by atoms with E-state index in [1.54, 1.807) is 0 Å². The molecule has 86 valence electrons. The Morgan fingerprint density at radius 2 is 0.929 bits per heavy atom. The van der Waals surface area contributed by atoms with E-state index in [-0.39, 0.29) is 0 Å². The zero-order valence-electron chi connectivity index (χ0n) is 9.23. The quantitative estimate of drug-likeness (QED) is 0.274. The summed E-state index contributed by atoms with van der Waals surface area (Å²) in [5.74, 6) is 0. The maximum absolute atomic E-state index is 5.38. The minimum Gasteiger partial charge on any atom is -0.330 e. The lowest BCUT2D eigenvalue weighted by molar-refractivity contribution is 0.570. The number of rotatable bonds is 11. The van der Waals surface area contributed by atoms with Crippen molar-refractivity contribution < 1.29 is 0 Å². The molecule has 0 amide bonds. The molecule has 0 saturated carbocycles. The van der Waals surface area contributed by atoms with E-state index in [0.717, 1.165) is 52.1 Å². The number of hydrogen-bond donors (Lipinski definition) is 4. The zero-order chi connectivity index (χ0) is 10.5. The molecule has 0 atom stereocenters. The van der Waals surface area contributed by atoms with Gasteiger partial charge in [0.2, 0.25) is 0 Å². The molecular formula is C10H26N4. The van der Waals surface area contributed by atoms with Crippen LogP contribution in [-0.2, 0) is 0 Å². The van der Waals surface area contributed by atoms with Gasteiger partial charge in [-0.05, 0) is 65.0 Å². The Bertz CT molecular complexity index is 86.1. The summed E-state index contributed by atoms with van der Waals surface area (Å²) in [7, 11) is 0. The summed E-state index contributed by atoms with van der Waals surface area (Å²) in [5, 5.41) is 6.72. The number of hydrogen-bond acceptors (Lipinski definition) is 4. The fourth-order valence-electron chi connectivity index (χ4n) is 1.20. The summed E-state index contributed by atoms with van der Waals surface area (Å²) >= 11 is 0. The van der Waals surface area contributed by atoms with E-state index in [9.17, 15) is 0 Å². The Hall–Kier alpha value is -0.160. The van der Waals surface area contributed by atoms with Gasteiger partial charge in [0, 0.05) is 0 Å². The van der Waals surface area contributed by atoms with Crippen LogP contribution in [0.4, 0.5) is 0 Å². The van der Waals surface area contributed by atoms with Crippen molar-refractivity contribution in [2.75, 3.05) is 39.3 Å². The summed E-state index contributed by atoms with van der Waals surface area (Å²) in [6, 6.07) is 0. The van der Waals surface area contributed by atoms with Crippen LogP contribution < -0.4 is 22.1 Å². The van der Waals surface area contributed by atoms with E-state index in [4.69, 9.17) is 11.5 Å². The Labute approximate surface area is 87.8 Å². The summed E-state index contributed by atoms with van der Waals surface area (Å²) in [6.45, 7) is 5.90. The maximum atomic E-state index is 5.38. The highest BCUT2D eigenvalue weighted by Gasteiger charge is 1.89. The van der Waals surface area contributed by atoms with Gasteiger partial charge in [0.15, 0.2) is 0 Å². The molecule has 0 aromatic rings. The molecule has 0 unspecified atom stereocenters. The molecule has 0 fully saturated rings. The van der Waals surface area contributed by atoms with Crippen LogP contribution in [0.25, 0.3) is 0 Å². The van der Waals surface area contributed by atoms with Crippen LogP contribution in [0.1, 0.15) is 25.7 Å². The summed E-state index contributed by atoms with van der Waals surface area (Å²) in [5.41, 5.74) is 10.8. The molecule has 0 rings (SSSR count). The van der Waals surface area contributed by atoms with Gasteiger partial charge < -0.3 is 22.1 Å². The van der Waals surface area contributed by atoms with Crippen molar-refractivity contribution in [1.29, 1.82) is 0 Å². The summed E-state index contributed by atoms with van der Waals surface area (Å²) in [4.78, 5) is 0. The fourth-order valence-corrected chi connectivity index (χ4v) is 1.20. The Morgan fingerprint density at radius 3 is 1.29 bits per heavy atom. The first-order chi connectivity index (χ1) is 6.91. The van der Waals surface area contributed by atoms with Crippen LogP contribution in [0.3, 0.4) is 0 Å². The standard InChI is InChI=1S/C10H26N4/c11-5-3-9-13-7-1-2-8-14-10-4-6-12/h13-14H,1-12H2/i7+1,8+1. The van der Waals surface area contributed by atoms with Gasteiger partial charge in [0.25, 0.3) is 0 Å². The largest absolute Gasteiger partial charge is 0.330 e. The van der Waals surface area contributed by atoms with E-state index < -0.39 is 0 Å². The van der Waals surface area contributed by atoms with Gasteiger partial charge in [0.1, 0.15) is 0 Å². The van der Waals surface area contributed by atoms with Gasteiger partial charge in [-0.2, -0.15) is 0 Å². The third-order valence-electron chi connectivity index (χ3n) is 2.07. The van der Waals surface area contributed by atoms with Crippen LogP contribution in [0.5, 0.6) is 0 Å². The second-order valence-corrected chi connectivity index (χ2v) is 3.49. The highest BCUT2D eigenvalue weighted by Crippen LogP contribution is 1.84. The number of unbranched alkanes of at least 4 members (excludes halogenated alkanes) is 1. The molecule has 0 aliphatic rings. The lowest BCUT2D eigenvalue weighted by atomic mass is 10.4. The van der Waals surface area contributed by atoms with E-state index in [2.05, 4.69) is 10.6 Å². The molecule has 4 nitrogen and oxygen atoms in total. The van der Waals surface area contributed by atoms with Gasteiger partial charge in [-0.15, -0.1) is 0 Å². The monoisotopic (exact) mass is 204 g/mol. The molecule has 6 N–H and O–H groups in total. The smallest absolute Gasteiger partial charge is 0.00369 e. The molecule has 0 saturated heterocycles. The first kappa shape index (κ1) is 13.8. The van der Waals surface area contributed by atoms with Gasteiger partial charge in [-0.1, -0.05) is 0 Å². The minimum absolute atomic E-state index is 0.785. The molecular weight excluding hydrogens is 178 g/mol. The predicted octanol–water partition coefficient (Wildman–Crippen LogP) is -0.357. The SMILES string of the molecule is NCCCN[13CH2]CC[13CH2]NCCCN. The molecule has 4 heteroatoms. The third kappa shape index (κ3) is 11.8. The molecule has 0 spiro atoms. The average molecular weight is 204 g/mol. The normalized spacial score (nSPS) is 10.7. The van der Waals surface area contributed by atoms with Crippen LogP contribution in [0.15, 0.2) is 0 Å². The highest BCUT2D eigenvalue weighted by atomic mass is 15.0. The van der Waals surface area contributed by atoms with E-state index in [1.807, 2.05) is 0 Å². The van der Waals surface area contributed by atoms with E-state index in [1.165, 1.54) is 12.8 Å². The molecule has 0 aliphatic carbocycles. The van der Waals surface area contributed by atoms with Gasteiger partial charge in [0.05, 0.1) is 0 Å². The topological polar surface area (TPSA) is 76.1 Å². The van der Waals surface area contributed by atoms with E-state index >= 15 is 0 Å². The zero-order valence-corrected chi connectivity index (χ0v) is 9.23. The molecule has 14 heavy (non-hydrogen) atoms. The maximum Gasteiger partial charge on any atom is -0.00369 e. The number of nitrogens with one attached hydrogen (secondary N) is 2. The van der Waals surface area contributed by atoms with Crippen molar-refractivity contribution in [2.24, 2.45) is 11.5 Å². The molecule has 0 heterocycles. The average Bonchev–Trinajstić information content (AvgIpc) is 2.21. The van der Waals surface area contributed by atoms with E-state index in [0.29, 0.717) is 0 Å². The molecule has 0 radical (unpaired) electrons. The fraction of sp³-hybridized carbons (Fsp3) is 1.00. The summed E-state index contributed by atoms with van der Waals surface area (Å²) in [6.07, 6.45) is 4.63. The number of nitrogens with two attached hydrogens (primary N) is 2. The highest BCUT2D eigenvalue weighted by molar-refractivity contribution is 4.52. The molecule has 0 aromatic carbocycles. The van der Waals surface area contributed by atoms with Gasteiger partial charge >= 0.3 is 0 Å². The van der Waals surface area contributed by atoms with Crippen molar-refractivity contribution in [3.05, 3.63) is 0 Å². The predicted molar refractivity (Wildman–Crippen MR) is 62.3 cm³/mol. The van der Waals surface area contributed by atoms with Crippen LogP contribution in [0, 0.1) is 0 Å². The van der Waals surface area contributed by atoms with Gasteiger partial charge in [-0.3, -0.25) is 0 Å². The Morgan fingerprint density at radius 1 is 0.571 bits per heavy atom. The Balaban J connectivity index is 2.78. The van der Waals surface area contributed by atoms with Crippen LogP contribution in [-0.4, -0.2) is 39.3 Å². The second-order valence-electron chi connectivity index (χ2n) is 3.49. The summed E-state index contributed by atoms with van der Waals surface area (Å²) < 4.78 is 0. The van der Waals surface area contributed by atoms with Crippen molar-refractivity contribution in [3.8, 4) is 0 Å². The van der Waals surface area contributed by atoms with Crippen molar-refractivity contribution in [3.63, 3.8) is 0 Å². The van der Waals surface area contributed by atoms with Crippen molar-refractivity contribution in [2.45, 2.75) is 25.7 Å². The van der Waals surface area contributed by atoms with Gasteiger partial charge in [-0.25, -0.2) is 0 Å². The lowest BCUT2D eigenvalue weighted by Gasteiger charge is -2.04. The lowest BCUT2D eigenvalue weighted by Crippen LogP contribution is -2.22. The van der Waals surface area contributed by atoms with Crippen molar-refractivity contribution in [1.82, 2.24) is 10.6 Å². The first-order valence-corrected chi connectivity index (χ1v) is 5.73. The molecule has 0 aromatic heterocycles. The minimum atomic E-state index is 0.785. The molecule has 0 aliphatic heterocycles. The second kappa shape index (κ2) is 12.8. The van der Waals surface area contributed by atoms with Crippen LogP contribution >= 0.6 is 0 Å². The first-order valence-electron chi connectivity index (χ1n) is 5.73. The Kier molecular flexibility index (Phi) is 12.7. The molecule has 0 bridgehead atoms.